The second kappa shape index (κ2) is 11.4. The Labute approximate surface area is 210 Å². The summed E-state index contributed by atoms with van der Waals surface area (Å²) in [6.45, 7) is 4.67. The van der Waals surface area contributed by atoms with Gasteiger partial charge in [-0.3, -0.25) is 19.8 Å². The summed E-state index contributed by atoms with van der Waals surface area (Å²) in [5.74, 6) is -1.70. The number of alkyl halides is 3. The Morgan fingerprint density at radius 3 is 2.44 bits per heavy atom. The van der Waals surface area contributed by atoms with Gasteiger partial charge >= 0.3 is 6.36 Å². The monoisotopic (exact) mass is 527 g/mol. The van der Waals surface area contributed by atoms with Crippen molar-refractivity contribution in [3.05, 3.63) is 23.8 Å². The smallest absolute Gasteiger partial charge is 0.404 e. The van der Waals surface area contributed by atoms with Crippen LogP contribution >= 0.6 is 11.3 Å². The predicted octanol–water partition coefficient (Wildman–Crippen LogP) is 2.87. The van der Waals surface area contributed by atoms with Gasteiger partial charge in [-0.2, -0.15) is 0 Å². The number of nitrogens with zero attached hydrogens (tertiary/aromatic N) is 5. The molecule has 14 heteroatoms. The number of piperidine rings is 1. The van der Waals surface area contributed by atoms with E-state index in [-0.39, 0.29) is 22.9 Å². The molecule has 0 aliphatic carbocycles. The van der Waals surface area contributed by atoms with Crippen LogP contribution in [0, 0.1) is 0 Å². The average Bonchev–Trinajstić information content (AvgIpc) is 3.30. The highest BCUT2D eigenvalue weighted by molar-refractivity contribution is 7.19. The van der Waals surface area contributed by atoms with E-state index in [0.717, 1.165) is 51.2 Å². The summed E-state index contributed by atoms with van der Waals surface area (Å²) in [7, 11) is 1.98. The maximum atomic E-state index is 12.9. The Kier molecular flexibility index (Phi) is 8.26. The van der Waals surface area contributed by atoms with Gasteiger partial charge in [0, 0.05) is 44.8 Å². The van der Waals surface area contributed by atoms with Gasteiger partial charge in [-0.1, -0.05) is 11.3 Å². The molecule has 1 aromatic carbocycles. The molecule has 10 nitrogen and oxygen atoms in total. The molecule has 2 fully saturated rings. The highest BCUT2D eigenvalue weighted by Gasteiger charge is 2.33. The quantitative estimate of drug-likeness (QED) is 0.567. The van der Waals surface area contributed by atoms with Crippen LogP contribution in [0.4, 0.5) is 29.1 Å². The van der Waals surface area contributed by atoms with Gasteiger partial charge in [0.1, 0.15) is 0 Å². The number of rotatable bonds is 7. The van der Waals surface area contributed by atoms with E-state index in [4.69, 9.17) is 0 Å². The van der Waals surface area contributed by atoms with Gasteiger partial charge in [0.15, 0.2) is 5.75 Å². The molecule has 0 bridgehead atoms. The molecule has 2 saturated heterocycles. The lowest BCUT2D eigenvalue weighted by molar-refractivity contribution is -0.274. The van der Waals surface area contributed by atoms with E-state index in [1.807, 2.05) is 11.9 Å². The number of carbonyl (C=O) groups excluding carboxylic acids is 2. The third-order valence-corrected chi connectivity index (χ3v) is 6.87. The first-order chi connectivity index (χ1) is 17.2. The summed E-state index contributed by atoms with van der Waals surface area (Å²) in [6.07, 6.45) is -1.66. The van der Waals surface area contributed by atoms with Crippen molar-refractivity contribution in [3.8, 4) is 5.75 Å². The zero-order valence-corrected chi connectivity index (χ0v) is 20.6. The van der Waals surface area contributed by atoms with E-state index < -0.39 is 23.9 Å². The average molecular weight is 528 g/mol. The molecule has 0 unspecified atom stereocenters. The Morgan fingerprint density at radius 1 is 1.03 bits per heavy atom. The van der Waals surface area contributed by atoms with E-state index in [1.54, 1.807) is 0 Å². The van der Waals surface area contributed by atoms with Crippen LogP contribution in [-0.2, 0) is 4.79 Å². The summed E-state index contributed by atoms with van der Waals surface area (Å²) in [5.41, 5.74) is -0.209. The van der Waals surface area contributed by atoms with Crippen molar-refractivity contribution in [1.82, 2.24) is 20.0 Å². The number of anilines is 3. The molecule has 0 radical (unpaired) electrons. The molecule has 2 aliphatic rings. The number of piperazine rings is 1. The Balaban J connectivity index is 1.45. The molecule has 2 amide bonds. The summed E-state index contributed by atoms with van der Waals surface area (Å²) in [5, 5.41) is 14.2. The van der Waals surface area contributed by atoms with Crippen molar-refractivity contribution >= 4 is 39.1 Å². The number of hydrogen-bond donors (Lipinski definition) is 2. The molecule has 2 aliphatic heterocycles. The lowest BCUT2D eigenvalue weighted by Gasteiger charge is -2.31. The second-order valence-corrected chi connectivity index (χ2v) is 9.73. The molecule has 2 aromatic rings. The van der Waals surface area contributed by atoms with Gasteiger partial charge in [-0.05, 0) is 44.5 Å². The highest BCUT2D eigenvalue weighted by atomic mass is 32.1. The molecular formula is C22H28F3N7O3S. The van der Waals surface area contributed by atoms with Crippen molar-refractivity contribution in [3.63, 3.8) is 0 Å². The molecule has 1 aromatic heterocycles. The van der Waals surface area contributed by atoms with Crippen molar-refractivity contribution in [1.29, 1.82) is 0 Å². The van der Waals surface area contributed by atoms with Crippen molar-refractivity contribution < 1.29 is 27.5 Å². The highest BCUT2D eigenvalue weighted by Crippen LogP contribution is 2.32. The van der Waals surface area contributed by atoms with E-state index in [0.29, 0.717) is 18.2 Å². The van der Waals surface area contributed by atoms with E-state index in [2.05, 4.69) is 35.4 Å². The molecule has 0 saturated carbocycles. The summed E-state index contributed by atoms with van der Waals surface area (Å²) < 4.78 is 42.8. The second-order valence-electron chi connectivity index (χ2n) is 8.78. The first kappa shape index (κ1) is 26.1. The van der Waals surface area contributed by atoms with Crippen molar-refractivity contribution in [2.45, 2.75) is 25.6 Å². The van der Waals surface area contributed by atoms with Gasteiger partial charge in [-0.15, -0.1) is 23.4 Å². The molecule has 36 heavy (non-hydrogen) atoms. The summed E-state index contributed by atoms with van der Waals surface area (Å²) in [6, 6.07) is 3.36. The van der Waals surface area contributed by atoms with Gasteiger partial charge in [-0.25, -0.2) is 0 Å². The molecular weight excluding hydrogens is 499 g/mol. The number of likely N-dealkylation sites (N-methyl/N-ethyl adjacent to an activating group) is 1. The summed E-state index contributed by atoms with van der Waals surface area (Å²) in [4.78, 5) is 31.5. The topological polar surface area (TPSA) is 103 Å². The third kappa shape index (κ3) is 7.27. The van der Waals surface area contributed by atoms with Crippen LogP contribution in [0.15, 0.2) is 18.2 Å². The number of benzene rings is 1. The van der Waals surface area contributed by atoms with Crippen LogP contribution in [0.3, 0.4) is 0 Å². The first-order valence-electron chi connectivity index (χ1n) is 11.7. The lowest BCUT2D eigenvalue weighted by atomic mass is 10.1. The Bertz CT molecular complexity index is 1070. The minimum atomic E-state index is -4.96. The molecule has 3 heterocycles. The van der Waals surface area contributed by atoms with Crippen LogP contribution < -0.4 is 20.3 Å². The fourth-order valence-corrected chi connectivity index (χ4v) is 4.82. The number of aromatic nitrogens is 2. The molecule has 0 atom stereocenters. The Morgan fingerprint density at radius 2 is 1.75 bits per heavy atom. The molecule has 2 N–H and O–H groups in total. The predicted molar refractivity (Wildman–Crippen MR) is 130 cm³/mol. The maximum absolute atomic E-state index is 12.9. The van der Waals surface area contributed by atoms with Crippen LogP contribution in [0.1, 0.15) is 29.6 Å². The van der Waals surface area contributed by atoms with E-state index in [9.17, 15) is 22.8 Å². The molecule has 0 spiro atoms. The number of ether oxygens (including phenoxy) is 1. The van der Waals surface area contributed by atoms with E-state index >= 15 is 0 Å². The lowest BCUT2D eigenvalue weighted by Crippen LogP contribution is -2.47. The largest absolute Gasteiger partial charge is 0.573 e. The van der Waals surface area contributed by atoms with Crippen LogP contribution in [0.5, 0.6) is 5.75 Å². The van der Waals surface area contributed by atoms with Crippen molar-refractivity contribution in [2.24, 2.45) is 0 Å². The number of amides is 2. The van der Waals surface area contributed by atoms with Gasteiger partial charge in [0.05, 0.1) is 12.2 Å². The standard InChI is InChI=1S/C22H28F3N7O3S/c1-30-9-11-31(12-10-30)14-18(33)26-16-13-15(5-6-17(16)35-22(23,24)25)19(34)27-20-28-29-21(36-20)32-7-3-2-4-8-32/h5-6,13H,2-4,7-12,14H2,1H3,(H,26,33)(H,27,28,34). The number of carbonyl (C=O) groups is 2. The van der Waals surface area contributed by atoms with Crippen LogP contribution in [0.25, 0.3) is 0 Å². The van der Waals surface area contributed by atoms with Gasteiger partial charge in [0.25, 0.3) is 5.91 Å². The number of nitrogens with one attached hydrogen (secondary N) is 2. The fraction of sp³-hybridized carbons (Fsp3) is 0.545. The van der Waals surface area contributed by atoms with E-state index in [1.165, 1.54) is 23.8 Å². The van der Waals surface area contributed by atoms with Gasteiger partial charge in [0.2, 0.25) is 16.2 Å². The van der Waals surface area contributed by atoms with Crippen LogP contribution in [-0.4, -0.2) is 91.0 Å². The molecule has 196 valence electrons. The zero-order valence-electron chi connectivity index (χ0n) is 19.8. The summed E-state index contributed by atoms with van der Waals surface area (Å²) >= 11 is 1.23. The fourth-order valence-electron chi connectivity index (χ4n) is 4.03. The number of hydrogen-bond acceptors (Lipinski definition) is 9. The first-order valence-corrected chi connectivity index (χ1v) is 12.5. The zero-order chi connectivity index (χ0) is 25.7. The van der Waals surface area contributed by atoms with Crippen molar-refractivity contribution in [2.75, 3.05) is 68.4 Å². The minimum Gasteiger partial charge on any atom is -0.404 e. The minimum absolute atomic E-state index is 0.0137. The van der Waals surface area contributed by atoms with Gasteiger partial charge < -0.3 is 19.9 Å². The number of halogens is 3. The Hall–Kier alpha value is -2.97. The third-order valence-electron chi connectivity index (χ3n) is 5.97. The normalized spacial score (nSPS) is 17.6. The SMILES string of the molecule is CN1CCN(CC(=O)Nc2cc(C(=O)Nc3nnc(N4CCCCC4)s3)ccc2OC(F)(F)F)CC1. The maximum Gasteiger partial charge on any atom is 0.573 e. The molecule has 4 rings (SSSR count). The van der Waals surface area contributed by atoms with Crippen LogP contribution in [0.2, 0.25) is 0 Å².